The van der Waals surface area contributed by atoms with Gasteiger partial charge in [0.25, 0.3) is 5.56 Å². The van der Waals surface area contributed by atoms with Crippen LogP contribution in [0, 0.1) is 0 Å². The first-order chi connectivity index (χ1) is 20.2. The molecule has 4 aromatic rings. The maximum absolute atomic E-state index is 14.0. The highest BCUT2D eigenvalue weighted by Gasteiger charge is 2.33. The van der Waals surface area contributed by atoms with E-state index in [1.807, 2.05) is 42.5 Å². The Morgan fingerprint density at radius 2 is 1.90 bits per heavy atom. The SMILES string of the molecule is CCOC(=O)C1=C(C)N=c2s/c(=C/c3ccccc3OCc3ccc(Cl)cc3Cl)c(=O)n2[C@@H]1c1ccc(OC)c(Br)c1. The van der Waals surface area contributed by atoms with Crippen LogP contribution in [0.2, 0.25) is 10.0 Å². The second kappa shape index (κ2) is 12.9. The third-order valence-corrected chi connectivity index (χ3v) is 8.80. The van der Waals surface area contributed by atoms with Crippen LogP contribution in [-0.2, 0) is 16.1 Å². The average Bonchev–Trinajstić information content (AvgIpc) is 3.26. The van der Waals surface area contributed by atoms with Gasteiger partial charge in [-0.25, -0.2) is 9.79 Å². The summed E-state index contributed by atoms with van der Waals surface area (Å²) in [6.45, 7) is 3.90. The smallest absolute Gasteiger partial charge is 0.338 e. The van der Waals surface area contributed by atoms with Crippen LogP contribution >= 0.6 is 50.5 Å². The highest BCUT2D eigenvalue weighted by Crippen LogP contribution is 2.35. The largest absolute Gasteiger partial charge is 0.496 e. The minimum Gasteiger partial charge on any atom is -0.496 e. The lowest BCUT2D eigenvalue weighted by Crippen LogP contribution is -2.40. The lowest BCUT2D eigenvalue weighted by Gasteiger charge is -2.25. The standard InChI is InChI=1S/C31H25BrCl2N2O5S/c1-4-40-30(38)27-17(2)35-31-36(28(27)19-10-12-25(39-3)22(32)13-19)29(37)26(42-31)14-18-7-5-6-8-24(18)41-16-20-9-11-21(33)15-23(20)34/h5-15,28H,4,16H2,1-3H3/b26-14+/t28-/m1/s1. The Morgan fingerprint density at radius 1 is 1.12 bits per heavy atom. The molecule has 0 saturated heterocycles. The lowest BCUT2D eigenvalue weighted by atomic mass is 9.96. The molecule has 11 heteroatoms. The Bertz CT molecular complexity index is 1900. The Morgan fingerprint density at radius 3 is 2.62 bits per heavy atom. The number of fused-ring (bicyclic) bond motifs is 1. The molecule has 1 aliphatic heterocycles. The van der Waals surface area contributed by atoms with Gasteiger partial charge in [-0.2, -0.15) is 0 Å². The van der Waals surface area contributed by atoms with Gasteiger partial charge in [-0.05, 0) is 71.7 Å². The number of benzene rings is 3. The van der Waals surface area contributed by atoms with Crippen molar-refractivity contribution in [2.24, 2.45) is 4.99 Å². The summed E-state index contributed by atoms with van der Waals surface area (Å²) in [5.74, 6) is 0.680. The summed E-state index contributed by atoms with van der Waals surface area (Å²) in [7, 11) is 1.57. The Hall–Kier alpha value is -3.37. The number of aromatic nitrogens is 1. The van der Waals surface area contributed by atoms with Crippen LogP contribution in [0.5, 0.6) is 11.5 Å². The number of nitrogens with zero attached hydrogens (tertiary/aromatic N) is 2. The van der Waals surface area contributed by atoms with Crippen molar-refractivity contribution >= 4 is 62.5 Å². The van der Waals surface area contributed by atoms with E-state index in [1.165, 1.54) is 11.3 Å². The van der Waals surface area contributed by atoms with Gasteiger partial charge in [-0.1, -0.05) is 64.9 Å². The Balaban J connectivity index is 1.60. The van der Waals surface area contributed by atoms with Crippen molar-refractivity contribution in [3.63, 3.8) is 0 Å². The molecule has 5 rings (SSSR count). The molecular weight excluding hydrogens is 663 g/mol. The van der Waals surface area contributed by atoms with Gasteiger partial charge in [-0.3, -0.25) is 9.36 Å². The third-order valence-electron chi connectivity index (χ3n) is 6.61. The summed E-state index contributed by atoms with van der Waals surface area (Å²) in [5, 5.41) is 1.05. The van der Waals surface area contributed by atoms with Gasteiger partial charge in [0, 0.05) is 21.2 Å². The predicted octanol–water partition coefficient (Wildman–Crippen LogP) is 6.46. The van der Waals surface area contributed by atoms with E-state index in [4.69, 9.17) is 37.4 Å². The van der Waals surface area contributed by atoms with Gasteiger partial charge in [-0.15, -0.1) is 0 Å². The molecule has 1 aromatic heterocycles. The molecule has 3 aromatic carbocycles. The van der Waals surface area contributed by atoms with Gasteiger partial charge in [0.1, 0.15) is 18.1 Å². The number of carbonyl (C=O) groups excluding carboxylic acids is 1. The number of hydrogen-bond donors (Lipinski definition) is 0. The van der Waals surface area contributed by atoms with Crippen LogP contribution in [0.4, 0.5) is 0 Å². The van der Waals surface area contributed by atoms with Crippen LogP contribution in [-0.4, -0.2) is 24.3 Å². The molecule has 0 bridgehead atoms. The quantitative estimate of drug-likeness (QED) is 0.199. The zero-order valence-electron chi connectivity index (χ0n) is 22.8. The fraction of sp³-hybridized carbons (Fsp3) is 0.194. The number of allylic oxidation sites excluding steroid dienone is 1. The molecule has 0 spiro atoms. The van der Waals surface area contributed by atoms with E-state index in [0.717, 1.165) is 5.56 Å². The molecule has 0 aliphatic carbocycles. The third kappa shape index (κ3) is 6.06. The van der Waals surface area contributed by atoms with Crippen LogP contribution in [0.25, 0.3) is 6.08 Å². The number of rotatable bonds is 8. The van der Waals surface area contributed by atoms with E-state index in [9.17, 15) is 9.59 Å². The van der Waals surface area contributed by atoms with E-state index >= 15 is 0 Å². The predicted molar refractivity (Wildman–Crippen MR) is 168 cm³/mol. The Kier molecular flexibility index (Phi) is 9.22. The minimum atomic E-state index is -0.747. The number of para-hydroxylation sites is 1. The van der Waals surface area contributed by atoms with E-state index in [-0.39, 0.29) is 18.8 Å². The second-order valence-electron chi connectivity index (χ2n) is 9.26. The second-order valence-corrected chi connectivity index (χ2v) is 12.0. The van der Waals surface area contributed by atoms with Crippen LogP contribution in [0.15, 0.2) is 86.2 Å². The number of hydrogen-bond acceptors (Lipinski definition) is 7. The molecule has 42 heavy (non-hydrogen) atoms. The van der Waals surface area contributed by atoms with Crippen molar-refractivity contribution in [2.75, 3.05) is 13.7 Å². The number of esters is 1. The summed E-state index contributed by atoms with van der Waals surface area (Å²) in [5.41, 5.74) is 2.69. The van der Waals surface area contributed by atoms with E-state index in [0.29, 0.717) is 57.7 Å². The molecule has 7 nitrogen and oxygen atoms in total. The fourth-order valence-corrected chi connectivity index (χ4v) is 6.69. The Labute approximate surface area is 264 Å². The lowest BCUT2D eigenvalue weighted by molar-refractivity contribution is -0.139. The topological polar surface area (TPSA) is 79.1 Å². The van der Waals surface area contributed by atoms with E-state index in [2.05, 4.69) is 20.9 Å². The van der Waals surface area contributed by atoms with Crippen LogP contribution in [0.3, 0.4) is 0 Å². The number of thiazole rings is 1. The van der Waals surface area contributed by atoms with Crippen molar-refractivity contribution in [3.05, 3.63) is 123 Å². The first-order valence-electron chi connectivity index (χ1n) is 12.9. The van der Waals surface area contributed by atoms with E-state index in [1.54, 1.807) is 49.8 Å². The minimum absolute atomic E-state index is 0.192. The highest BCUT2D eigenvalue weighted by molar-refractivity contribution is 9.10. The molecule has 0 unspecified atom stereocenters. The van der Waals surface area contributed by atoms with E-state index < -0.39 is 12.0 Å². The molecule has 0 fully saturated rings. The normalized spacial score (nSPS) is 14.8. The molecule has 2 heterocycles. The number of ether oxygens (including phenoxy) is 3. The molecule has 0 saturated carbocycles. The van der Waals surface area contributed by atoms with Crippen molar-refractivity contribution in [2.45, 2.75) is 26.5 Å². The molecule has 1 atom stereocenters. The summed E-state index contributed by atoms with van der Waals surface area (Å²) in [4.78, 5) is 32.3. The van der Waals surface area contributed by atoms with Gasteiger partial charge < -0.3 is 14.2 Å². The van der Waals surface area contributed by atoms with Crippen LogP contribution in [0.1, 0.15) is 36.6 Å². The van der Waals surface area contributed by atoms with Crippen LogP contribution < -0.4 is 24.4 Å². The number of carbonyl (C=O) groups is 1. The van der Waals surface area contributed by atoms with Crippen molar-refractivity contribution in [3.8, 4) is 11.5 Å². The maximum Gasteiger partial charge on any atom is 0.338 e. The monoisotopic (exact) mass is 686 g/mol. The zero-order chi connectivity index (χ0) is 30.0. The molecule has 216 valence electrons. The summed E-state index contributed by atoms with van der Waals surface area (Å²) in [6.07, 6.45) is 1.77. The fourth-order valence-electron chi connectivity index (χ4n) is 4.63. The zero-order valence-corrected chi connectivity index (χ0v) is 26.7. The first kappa shape index (κ1) is 30.1. The number of halogens is 3. The highest BCUT2D eigenvalue weighted by atomic mass is 79.9. The summed E-state index contributed by atoms with van der Waals surface area (Å²) >= 11 is 17.1. The molecule has 1 aliphatic rings. The molecule has 0 amide bonds. The van der Waals surface area contributed by atoms with Crippen molar-refractivity contribution in [1.82, 2.24) is 4.57 Å². The molecular formula is C31H25BrCl2N2O5S. The van der Waals surface area contributed by atoms with Crippen molar-refractivity contribution in [1.29, 1.82) is 0 Å². The van der Waals surface area contributed by atoms with Crippen molar-refractivity contribution < 1.29 is 19.0 Å². The van der Waals surface area contributed by atoms with Gasteiger partial charge in [0.05, 0.1) is 40.0 Å². The van der Waals surface area contributed by atoms with Gasteiger partial charge in [0.2, 0.25) is 0 Å². The average molecular weight is 688 g/mol. The number of methoxy groups -OCH3 is 1. The molecule has 0 N–H and O–H groups in total. The maximum atomic E-state index is 14.0. The van der Waals surface area contributed by atoms with Gasteiger partial charge in [0.15, 0.2) is 4.80 Å². The molecule has 0 radical (unpaired) electrons. The summed E-state index contributed by atoms with van der Waals surface area (Å²) < 4.78 is 19.5. The van der Waals surface area contributed by atoms with Gasteiger partial charge >= 0.3 is 5.97 Å². The first-order valence-corrected chi connectivity index (χ1v) is 15.3. The summed E-state index contributed by atoms with van der Waals surface area (Å²) in [6, 6.07) is 17.3.